The van der Waals surface area contributed by atoms with Crippen LogP contribution in [0.15, 0.2) is 36.9 Å². The van der Waals surface area contributed by atoms with Crippen LogP contribution >= 0.6 is 0 Å². The Balaban J connectivity index is 1.65. The van der Waals surface area contributed by atoms with Crippen LogP contribution in [0.3, 0.4) is 0 Å². The van der Waals surface area contributed by atoms with E-state index in [2.05, 4.69) is 26.6 Å². The number of benzene rings is 1. The van der Waals surface area contributed by atoms with Gasteiger partial charge < -0.3 is 15.2 Å². The van der Waals surface area contributed by atoms with Gasteiger partial charge in [0.15, 0.2) is 0 Å². The van der Waals surface area contributed by atoms with Crippen LogP contribution < -0.4 is 10.6 Å². The van der Waals surface area contributed by atoms with Gasteiger partial charge in [0.2, 0.25) is 0 Å². The molecule has 0 atom stereocenters. The molecule has 0 saturated heterocycles. The predicted octanol–water partition coefficient (Wildman–Crippen LogP) is 2.31. The molecule has 2 heterocycles. The van der Waals surface area contributed by atoms with Gasteiger partial charge in [-0.25, -0.2) is 4.98 Å². The van der Waals surface area contributed by atoms with E-state index in [1.807, 2.05) is 24.8 Å². The number of rotatable bonds is 4. The minimum absolute atomic E-state index is 0.941. The van der Waals surface area contributed by atoms with Crippen LogP contribution in [0.25, 0.3) is 0 Å². The summed E-state index contributed by atoms with van der Waals surface area (Å²) in [6.45, 7) is 3.24. The van der Waals surface area contributed by atoms with E-state index >= 15 is 0 Å². The quantitative estimate of drug-likeness (QED) is 0.854. The molecule has 0 spiro atoms. The molecule has 4 nitrogen and oxygen atoms in total. The van der Waals surface area contributed by atoms with Crippen molar-refractivity contribution in [3.8, 4) is 0 Å². The number of nitrogens with two attached hydrogens (primary N) is 1. The Morgan fingerprint density at radius 2 is 2.21 bits per heavy atom. The molecule has 0 amide bonds. The molecule has 4 heteroatoms. The van der Waals surface area contributed by atoms with Crippen molar-refractivity contribution in [2.45, 2.75) is 25.8 Å². The minimum Gasteiger partial charge on any atom is -0.398 e. The number of aromatic nitrogens is 2. The third-order valence-electron chi connectivity index (χ3n) is 3.79. The SMILES string of the molecule is Nc1cccc2c1CCCN2CCCn1ccnc1. The van der Waals surface area contributed by atoms with E-state index in [0.29, 0.717) is 0 Å². The van der Waals surface area contributed by atoms with Crippen LogP contribution in [0, 0.1) is 0 Å². The van der Waals surface area contributed by atoms with Crippen LogP contribution in [-0.2, 0) is 13.0 Å². The molecule has 1 aliphatic rings. The molecule has 1 aromatic carbocycles. The molecule has 0 radical (unpaired) electrons. The van der Waals surface area contributed by atoms with Crippen molar-refractivity contribution in [2.75, 3.05) is 23.7 Å². The Bertz CT molecular complexity index is 533. The summed E-state index contributed by atoms with van der Waals surface area (Å²) in [4.78, 5) is 6.53. The summed E-state index contributed by atoms with van der Waals surface area (Å²) in [5, 5.41) is 0. The Morgan fingerprint density at radius 1 is 1.26 bits per heavy atom. The van der Waals surface area contributed by atoms with E-state index < -0.39 is 0 Å². The third kappa shape index (κ3) is 2.57. The van der Waals surface area contributed by atoms with Crippen molar-refractivity contribution in [1.29, 1.82) is 0 Å². The number of nitrogen functional groups attached to an aromatic ring is 1. The number of hydrogen-bond donors (Lipinski definition) is 1. The van der Waals surface area contributed by atoms with Gasteiger partial charge in [-0.2, -0.15) is 0 Å². The van der Waals surface area contributed by atoms with E-state index in [1.54, 1.807) is 0 Å². The van der Waals surface area contributed by atoms with Crippen molar-refractivity contribution in [3.05, 3.63) is 42.5 Å². The summed E-state index contributed by atoms with van der Waals surface area (Å²) < 4.78 is 2.13. The van der Waals surface area contributed by atoms with E-state index in [1.165, 1.54) is 17.7 Å². The van der Waals surface area contributed by atoms with E-state index in [9.17, 15) is 0 Å². The molecule has 0 unspecified atom stereocenters. The highest BCUT2D eigenvalue weighted by Gasteiger charge is 2.17. The second-order valence-electron chi connectivity index (χ2n) is 5.09. The van der Waals surface area contributed by atoms with Crippen LogP contribution in [-0.4, -0.2) is 22.6 Å². The van der Waals surface area contributed by atoms with Gasteiger partial charge >= 0.3 is 0 Å². The predicted molar refractivity (Wildman–Crippen MR) is 78.2 cm³/mol. The molecule has 0 bridgehead atoms. The number of nitrogens with zero attached hydrogens (tertiary/aromatic N) is 3. The van der Waals surface area contributed by atoms with E-state index in [0.717, 1.165) is 38.2 Å². The number of imidazole rings is 1. The highest BCUT2D eigenvalue weighted by atomic mass is 15.1. The third-order valence-corrected chi connectivity index (χ3v) is 3.79. The second kappa shape index (κ2) is 5.34. The average Bonchev–Trinajstić information content (AvgIpc) is 2.93. The van der Waals surface area contributed by atoms with Gasteiger partial charge in [-0.05, 0) is 37.0 Å². The highest BCUT2D eigenvalue weighted by Crippen LogP contribution is 2.31. The monoisotopic (exact) mass is 256 g/mol. The summed E-state index contributed by atoms with van der Waals surface area (Å²) in [6.07, 6.45) is 9.16. The molecule has 2 aromatic rings. The second-order valence-corrected chi connectivity index (χ2v) is 5.09. The number of hydrogen-bond acceptors (Lipinski definition) is 3. The van der Waals surface area contributed by atoms with Crippen LogP contribution in [0.4, 0.5) is 11.4 Å². The molecule has 100 valence electrons. The van der Waals surface area contributed by atoms with Crippen LogP contribution in [0.1, 0.15) is 18.4 Å². The van der Waals surface area contributed by atoms with Gasteiger partial charge in [0.25, 0.3) is 0 Å². The Hall–Kier alpha value is -1.97. The summed E-state index contributed by atoms with van der Waals surface area (Å²) in [5.74, 6) is 0. The van der Waals surface area contributed by atoms with Gasteiger partial charge in [-0.15, -0.1) is 0 Å². The first-order valence-corrected chi connectivity index (χ1v) is 6.92. The van der Waals surface area contributed by atoms with E-state index in [4.69, 9.17) is 5.73 Å². The van der Waals surface area contributed by atoms with Gasteiger partial charge in [0, 0.05) is 43.4 Å². The van der Waals surface area contributed by atoms with Gasteiger partial charge in [0.1, 0.15) is 0 Å². The number of aryl methyl sites for hydroxylation is 1. The Morgan fingerprint density at radius 3 is 3.05 bits per heavy atom. The zero-order valence-electron chi connectivity index (χ0n) is 11.1. The van der Waals surface area contributed by atoms with Crippen molar-refractivity contribution in [1.82, 2.24) is 9.55 Å². The standard InChI is InChI=1S/C15H20N4/c16-14-5-1-6-15-13(14)4-2-9-19(15)10-3-8-18-11-7-17-12-18/h1,5-7,11-12H,2-4,8-10,16H2. The first-order valence-electron chi connectivity index (χ1n) is 6.92. The lowest BCUT2D eigenvalue weighted by Crippen LogP contribution is -2.31. The molecule has 19 heavy (non-hydrogen) atoms. The highest BCUT2D eigenvalue weighted by molar-refractivity contribution is 5.66. The maximum absolute atomic E-state index is 6.07. The fourth-order valence-electron chi connectivity index (χ4n) is 2.82. The fraction of sp³-hybridized carbons (Fsp3) is 0.400. The molecule has 0 saturated carbocycles. The molecule has 2 N–H and O–H groups in total. The van der Waals surface area contributed by atoms with Crippen LogP contribution in [0.2, 0.25) is 0 Å². The molecule has 0 fully saturated rings. The number of anilines is 2. The first-order chi connectivity index (χ1) is 9.34. The lowest BCUT2D eigenvalue weighted by atomic mass is 10.00. The maximum atomic E-state index is 6.07. The number of fused-ring (bicyclic) bond motifs is 1. The molecule has 1 aromatic heterocycles. The molecular formula is C15H20N4. The summed E-state index contributed by atoms with van der Waals surface area (Å²) in [6, 6.07) is 6.26. The lowest BCUT2D eigenvalue weighted by Gasteiger charge is -2.32. The topological polar surface area (TPSA) is 47.1 Å². The lowest BCUT2D eigenvalue weighted by molar-refractivity contribution is 0.603. The summed E-state index contributed by atoms with van der Waals surface area (Å²) in [7, 11) is 0. The Kier molecular flexibility index (Phi) is 3.40. The molecule has 0 aliphatic carbocycles. The summed E-state index contributed by atoms with van der Waals surface area (Å²) >= 11 is 0. The average molecular weight is 256 g/mol. The van der Waals surface area contributed by atoms with E-state index in [-0.39, 0.29) is 0 Å². The zero-order valence-corrected chi connectivity index (χ0v) is 11.1. The maximum Gasteiger partial charge on any atom is 0.0945 e. The smallest absolute Gasteiger partial charge is 0.0945 e. The van der Waals surface area contributed by atoms with Gasteiger partial charge in [0.05, 0.1) is 6.33 Å². The molecule has 1 aliphatic heterocycles. The van der Waals surface area contributed by atoms with Crippen molar-refractivity contribution in [2.24, 2.45) is 0 Å². The van der Waals surface area contributed by atoms with Gasteiger partial charge in [-0.3, -0.25) is 0 Å². The largest absolute Gasteiger partial charge is 0.398 e. The first kappa shape index (κ1) is 12.1. The van der Waals surface area contributed by atoms with Gasteiger partial charge in [-0.1, -0.05) is 6.07 Å². The Labute approximate surface area is 113 Å². The van der Waals surface area contributed by atoms with Crippen LogP contribution in [0.5, 0.6) is 0 Å². The zero-order chi connectivity index (χ0) is 13.1. The van der Waals surface area contributed by atoms with Crippen molar-refractivity contribution < 1.29 is 0 Å². The van der Waals surface area contributed by atoms with Crippen molar-refractivity contribution >= 4 is 11.4 Å². The summed E-state index contributed by atoms with van der Waals surface area (Å²) in [5.41, 5.74) is 9.67. The normalized spacial score (nSPS) is 14.4. The molecule has 3 rings (SSSR count). The fourth-order valence-corrected chi connectivity index (χ4v) is 2.82. The van der Waals surface area contributed by atoms with Crippen molar-refractivity contribution in [3.63, 3.8) is 0 Å². The minimum atomic E-state index is 0.941. The molecular weight excluding hydrogens is 236 g/mol.